The number of hydrogen-bond acceptors (Lipinski definition) is 1. The van der Waals surface area contributed by atoms with Gasteiger partial charge in [0.05, 0.1) is 0 Å². The van der Waals surface area contributed by atoms with Crippen LogP contribution < -0.4 is 5.32 Å². The molecule has 0 fully saturated rings. The Hall–Kier alpha value is -0.0500. The molecular formula is C12H17BrClN. The van der Waals surface area contributed by atoms with E-state index < -0.39 is 0 Å². The second kappa shape index (κ2) is 6.51. The predicted octanol–water partition coefficient (Wildman–Crippen LogP) is 3.85. The summed E-state index contributed by atoms with van der Waals surface area (Å²) in [6, 6.07) is 8.48. The van der Waals surface area contributed by atoms with Crippen LogP contribution in [-0.2, 0) is 6.54 Å². The van der Waals surface area contributed by atoms with Gasteiger partial charge in [0.25, 0.3) is 0 Å². The molecule has 0 radical (unpaired) electrons. The van der Waals surface area contributed by atoms with E-state index in [1.807, 2.05) is 12.1 Å². The molecule has 1 N–H and O–H groups in total. The largest absolute Gasteiger partial charge is 0.310 e. The smallest absolute Gasteiger partial charge is 0.0406 e. The molecule has 1 aromatic rings. The lowest BCUT2D eigenvalue weighted by Gasteiger charge is -2.19. The first-order valence-electron chi connectivity index (χ1n) is 5.17. The van der Waals surface area contributed by atoms with Gasteiger partial charge >= 0.3 is 0 Å². The van der Waals surface area contributed by atoms with E-state index in [2.05, 4.69) is 47.2 Å². The molecule has 15 heavy (non-hydrogen) atoms. The molecule has 0 aliphatic heterocycles. The van der Waals surface area contributed by atoms with E-state index >= 15 is 0 Å². The minimum Gasteiger partial charge on any atom is -0.310 e. The van der Waals surface area contributed by atoms with Crippen molar-refractivity contribution in [3.63, 3.8) is 0 Å². The van der Waals surface area contributed by atoms with Crippen molar-refractivity contribution in [3.05, 3.63) is 34.9 Å². The summed E-state index contributed by atoms with van der Waals surface area (Å²) >= 11 is 9.31. The maximum absolute atomic E-state index is 5.82. The molecule has 0 amide bonds. The molecular weight excluding hydrogens is 273 g/mol. The van der Waals surface area contributed by atoms with Crippen LogP contribution in [0.4, 0.5) is 0 Å². The highest BCUT2D eigenvalue weighted by Gasteiger charge is 2.09. The van der Waals surface area contributed by atoms with Crippen LogP contribution >= 0.6 is 27.5 Å². The number of benzene rings is 1. The Morgan fingerprint density at radius 1 is 1.27 bits per heavy atom. The second-order valence-electron chi connectivity index (χ2n) is 3.93. The van der Waals surface area contributed by atoms with E-state index in [0.717, 1.165) is 16.9 Å². The molecule has 84 valence electrons. The molecule has 0 heterocycles. The molecule has 0 saturated heterocycles. The fourth-order valence-electron chi connectivity index (χ4n) is 1.22. The third kappa shape index (κ3) is 4.54. The van der Waals surface area contributed by atoms with E-state index in [1.54, 1.807) is 0 Å². The van der Waals surface area contributed by atoms with Gasteiger partial charge in [-0.25, -0.2) is 0 Å². The number of hydrogen-bond donors (Lipinski definition) is 1. The summed E-state index contributed by atoms with van der Waals surface area (Å²) in [5.74, 6) is 0.636. The van der Waals surface area contributed by atoms with Gasteiger partial charge in [-0.1, -0.05) is 46.6 Å². The molecule has 0 aromatic heterocycles. The maximum atomic E-state index is 5.82. The van der Waals surface area contributed by atoms with E-state index in [4.69, 9.17) is 11.6 Å². The van der Waals surface area contributed by atoms with Gasteiger partial charge in [-0.05, 0) is 30.5 Å². The molecule has 2 unspecified atom stereocenters. The highest BCUT2D eigenvalue weighted by atomic mass is 79.9. The number of halogens is 2. The van der Waals surface area contributed by atoms with Gasteiger partial charge in [-0.3, -0.25) is 0 Å². The van der Waals surface area contributed by atoms with E-state index in [-0.39, 0.29) is 0 Å². The predicted molar refractivity (Wildman–Crippen MR) is 70.7 cm³/mol. The molecule has 0 aliphatic carbocycles. The maximum Gasteiger partial charge on any atom is 0.0406 e. The lowest BCUT2D eigenvalue weighted by molar-refractivity contribution is 0.433. The number of nitrogens with one attached hydrogen (secondary N) is 1. The SMILES string of the molecule is CC(CBr)C(C)NCc1ccc(Cl)cc1. The van der Waals surface area contributed by atoms with Crippen molar-refractivity contribution in [1.82, 2.24) is 5.32 Å². The van der Waals surface area contributed by atoms with Crippen molar-refractivity contribution in [1.29, 1.82) is 0 Å². The molecule has 1 nitrogen and oxygen atoms in total. The molecule has 0 saturated carbocycles. The first-order chi connectivity index (χ1) is 7.13. The molecule has 3 heteroatoms. The normalized spacial score (nSPS) is 14.9. The summed E-state index contributed by atoms with van der Waals surface area (Å²) in [5, 5.41) is 5.32. The summed E-state index contributed by atoms with van der Waals surface area (Å²) in [5.41, 5.74) is 1.27. The lowest BCUT2D eigenvalue weighted by Crippen LogP contribution is -2.32. The average Bonchev–Trinajstić information content (AvgIpc) is 2.26. The molecule has 1 aromatic carbocycles. The summed E-state index contributed by atoms with van der Waals surface area (Å²) in [6.07, 6.45) is 0. The Morgan fingerprint density at radius 3 is 2.40 bits per heavy atom. The Morgan fingerprint density at radius 2 is 1.87 bits per heavy atom. The monoisotopic (exact) mass is 289 g/mol. The molecule has 1 rings (SSSR count). The summed E-state index contributed by atoms with van der Waals surface area (Å²) in [4.78, 5) is 0. The quantitative estimate of drug-likeness (QED) is 0.812. The Kier molecular flexibility index (Phi) is 5.65. The lowest BCUT2D eigenvalue weighted by atomic mass is 10.1. The van der Waals surface area contributed by atoms with Crippen LogP contribution in [0.25, 0.3) is 0 Å². The van der Waals surface area contributed by atoms with E-state index in [0.29, 0.717) is 12.0 Å². The summed E-state index contributed by atoms with van der Waals surface area (Å²) in [6.45, 7) is 5.34. The van der Waals surface area contributed by atoms with Gasteiger partial charge < -0.3 is 5.32 Å². The topological polar surface area (TPSA) is 12.0 Å². The Bertz CT molecular complexity index is 286. The average molecular weight is 291 g/mol. The molecule has 0 spiro atoms. The van der Waals surface area contributed by atoms with Gasteiger partial charge in [-0.15, -0.1) is 0 Å². The van der Waals surface area contributed by atoms with E-state index in [9.17, 15) is 0 Å². The first kappa shape index (κ1) is 13.0. The van der Waals surface area contributed by atoms with Crippen LogP contribution in [0.1, 0.15) is 19.4 Å². The van der Waals surface area contributed by atoms with Crippen molar-refractivity contribution < 1.29 is 0 Å². The van der Waals surface area contributed by atoms with Crippen LogP contribution in [0.3, 0.4) is 0 Å². The van der Waals surface area contributed by atoms with Crippen LogP contribution in [0.5, 0.6) is 0 Å². The van der Waals surface area contributed by atoms with Gasteiger partial charge in [0, 0.05) is 22.9 Å². The van der Waals surface area contributed by atoms with Crippen LogP contribution in [0, 0.1) is 5.92 Å². The van der Waals surface area contributed by atoms with Crippen molar-refractivity contribution >= 4 is 27.5 Å². The second-order valence-corrected chi connectivity index (χ2v) is 5.01. The van der Waals surface area contributed by atoms with Gasteiger partial charge in [0.2, 0.25) is 0 Å². The first-order valence-corrected chi connectivity index (χ1v) is 6.67. The van der Waals surface area contributed by atoms with Crippen molar-refractivity contribution in [2.45, 2.75) is 26.4 Å². The minimum absolute atomic E-state index is 0.514. The Labute approximate surface area is 105 Å². The van der Waals surface area contributed by atoms with Crippen molar-refractivity contribution in [2.75, 3.05) is 5.33 Å². The molecule has 0 bridgehead atoms. The third-order valence-electron chi connectivity index (χ3n) is 2.64. The molecule has 2 atom stereocenters. The Balaban J connectivity index is 2.40. The zero-order valence-electron chi connectivity index (χ0n) is 9.13. The highest BCUT2D eigenvalue weighted by Crippen LogP contribution is 2.11. The van der Waals surface area contributed by atoms with Crippen LogP contribution in [0.15, 0.2) is 24.3 Å². The third-order valence-corrected chi connectivity index (χ3v) is 3.91. The zero-order chi connectivity index (χ0) is 11.3. The standard InChI is InChI=1S/C12H17BrClN/c1-9(7-13)10(2)15-8-11-3-5-12(14)6-4-11/h3-6,9-10,15H,7-8H2,1-2H3. The van der Waals surface area contributed by atoms with Crippen LogP contribution in [-0.4, -0.2) is 11.4 Å². The van der Waals surface area contributed by atoms with Crippen LogP contribution in [0.2, 0.25) is 5.02 Å². The minimum atomic E-state index is 0.514. The fourth-order valence-corrected chi connectivity index (χ4v) is 1.90. The number of alkyl halides is 1. The van der Waals surface area contributed by atoms with E-state index in [1.165, 1.54) is 5.56 Å². The molecule has 0 aliphatic rings. The van der Waals surface area contributed by atoms with Crippen molar-refractivity contribution in [2.24, 2.45) is 5.92 Å². The summed E-state index contributed by atoms with van der Waals surface area (Å²) in [7, 11) is 0. The van der Waals surface area contributed by atoms with Gasteiger partial charge in [0.1, 0.15) is 0 Å². The van der Waals surface area contributed by atoms with Gasteiger partial charge in [0.15, 0.2) is 0 Å². The van der Waals surface area contributed by atoms with Gasteiger partial charge in [-0.2, -0.15) is 0 Å². The number of rotatable bonds is 5. The zero-order valence-corrected chi connectivity index (χ0v) is 11.5. The summed E-state index contributed by atoms with van der Waals surface area (Å²) < 4.78 is 0. The fraction of sp³-hybridized carbons (Fsp3) is 0.500. The van der Waals surface area contributed by atoms with Crippen molar-refractivity contribution in [3.8, 4) is 0 Å². The highest BCUT2D eigenvalue weighted by molar-refractivity contribution is 9.09.